The third-order valence-corrected chi connectivity index (χ3v) is 19.0. The number of carbonyl (C=O) groups excluding carboxylic acids is 1. The van der Waals surface area contributed by atoms with E-state index >= 15 is 0 Å². The van der Waals surface area contributed by atoms with Crippen LogP contribution in [0, 0.1) is 17.8 Å². The molecular formula is C30H54O5Si2. The summed E-state index contributed by atoms with van der Waals surface area (Å²) in [5, 5.41) is 11.6. The molecule has 0 aromatic rings. The van der Waals surface area contributed by atoms with Crippen molar-refractivity contribution in [3.63, 3.8) is 0 Å². The lowest BCUT2D eigenvalue weighted by Gasteiger charge is -2.45. The molecule has 1 saturated heterocycles. The summed E-state index contributed by atoms with van der Waals surface area (Å²) in [4.78, 5) is 12.5. The third-order valence-electron chi connectivity index (χ3n) is 9.94. The standard InChI is InChI=1S/C30H54O5Si2/c1-20-12-13-21-16-23(34-36(8,9)29(2,3)4)18-26(31)28(21)25(20)15-14-22-17-24(19-27(32)33-22)35-37(10,11)30(5,6)7/h12-13,16,20,22-26,28,31H,14-15,17-19H2,1-11H3/t20-,22-,23-,24-,25+,26+,28+/m1/s1. The van der Waals surface area contributed by atoms with Gasteiger partial charge in [-0.3, -0.25) is 4.79 Å². The fourth-order valence-electron chi connectivity index (χ4n) is 5.60. The lowest BCUT2D eigenvalue weighted by atomic mass is 9.66. The van der Waals surface area contributed by atoms with Crippen molar-refractivity contribution < 1.29 is 23.5 Å². The average Bonchev–Trinajstić information content (AvgIpc) is 2.70. The predicted octanol–water partition coefficient (Wildman–Crippen LogP) is 7.38. The number of hydrogen-bond donors (Lipinski definition) is 1. The van der Waals surface area contributed by atoms with Crippen molar-refractivity contribution in [2.24, 2.45) is 17.8 Å². The minimum atomic E-state index is -1.95. The molecule has 0 aromatic heterocycles. The summed E-state index contributed by atoms with van der Waals surface area (Å²) in [5.74, 6) is 0.659. The van der Waals surface area contributed by atoms with Crippen LogP contribution in [-0.2, 0) is 18.4 Å². The lowest BCUT2D eigenvalue weighted by Crippen LogP contribution is -2.48. The van der Waals surface area contributed by atoms with Crippen LogP contribution in [0.3, 0.4) is 0 Å². The number of ether oxygens (including phenoxy) is 1. The van der Waals surface area contributed by atoms with Crippen LogP contribution in [0.2, 0.25) is 36.3 Å². The molecule has 3 rings (SSSR count). The van der Waals surface area contributed by atoms with Crippen LogP contribution >= 0.6 is 0 Å². The number of allylic oxidation sites excluding steroid dienone is 2. The number of hydrogen-bond acceptors (Lipinski definition) is 5. The van der Waals surface area contributed by atoms with Gasteiger partial charge in [-0.15, -0.1) is 0 Å². The van der Waals surface area contributed by atoms with Crippen LogP contribution in [0.5, 0.6) is 0 Å². The summed E-state index contributed by atoms with van der Waals surface area (Å²) < 4.78 is 19.1. The highest BCUT2D eigenvalue weighted by Gasteiger charge is 2.45. The van der Waals surface area contributed by atoms with Crippen LogP contribution in [-0.4, -0.2) is 52.1 Å². The number of esters is 1. The number of carbonyl (C=O) groups is 1. The first kappa shape index (κ1) is 30.8. The van der Waals surface area contributed by atoms with Crippen molar-refractivity contribution in [2.75, 3.05) is 0 Å². The van der Waals surface area contributed by atoms with E-state index in [1.54, 1.807) is 0 Å². The van der Waals surface area contributed by atoms with E-state index in [0.29, 0.717) is 24.7 Å². The second kappa shape index (κ2) is 11.0. The van der Waals surface area contributed by atoms with Crippen molar-refractivity contribution in [3.05, 3.63) is 23.8 Å². The van der Waals surface area contributed by atoms with E-state index in [-0.39, 0.29) is 40.3 Å². The fraction of sp³-hybridized carbons (Fsp3) is 0.833. The highest BCUT2D eigenvalue weighted by atomic mass is 28.4. The summed E-state index contributed by atoms with van der Waals surface area (Å²) >= 11 is 0. The molecule has 1 heterocycles. The van der Waals surface area contributed by atoms with E-state index in [4.69, 9.17) is 13.6 Å². The summed E-state index contributed by atoms with van der Waals surface area (Å²) in [6.07, 6.45) is 9.65. The van der Waals surface area contributed by atoms with E-state index in [0.717, 1.165) is 19.3 Å². The highest BCUT2D eigenvalue weighted by Crippen LogP contribution is 2.45. The minimum Gasteiger partial charge on any atom is -0.462 e. The molecule has 5 nitrogen and oxygen atoms in total. The third kappa shape index (κ3) is 7.27. The Morgan fingerprint density at radius 2 is 1.57 bits per heavy atom. The molecular weight excluding hydrogens is 496 g/mol. The number of aliphatic hydroxyl groups is 1. The molecule has 1 N–H and O–H groups in total. The van der Waals surface area contributed by atoms with E-state index in [2.05, 4.69) is 92.9 Å². The van der Waals surface area contributed by atoms with Gasteiger partial charge in [0.2, 0.25) is 0 Å². The zero-order chi connectivity index (χ0) is 28.0. The van der Waals surface area contributed by atoms with E-state index in [1.165, 1.54) is 5.57 Å². The molecule has 0 saturated carbocycles. The molecule has 0 amide bonds. The van der Waals surface area contributed by atoms with Crippen LogP contribution in [0.25, 0.3) is 0 Å². The van der Waals surface area contributed by atoms with Gasteiger partial charge in [0.1, 0.15) is 6.10 Å². The van der Waals surface area contributed by atoms with Gasteiger partial charge in [0.15, 0.2) is 16.6 Å². The van der Waals surface area contributed by atoms with Gasteiger partial charge in [-0.2, -0.15) is 0 Å². The number of aliphatic hydroxyl groups excluding tert-OH is 1. The summed E-state index contributed by atoms with van der Waals surface area (Å²) in [6, 6.07) is 0. The Morgan fingerprint density at radius 3 is 2.16 bits per heavy atom. The Labute approximate surface area is 228 Å². The normalized spacial score (nSPS) is 33.6. The summed E-state index contributed by atoms with van der Waals surface area (Å²) in [5.41, 5.74) is 1.21. The first-order chi connectivity index (χ1) is 16.8. The molecule has 3 aliphatic rings. The van der Waals surface area contributed by atoms with Gasteiger partial charge < -0.3 is 18.7 Å². The zero-order valence-electron chi connectivity index (χ0n) is 25.4. The van der Waals surface area contributed by atoms with Crippen LogP contribution in [0.1, 0.15) is 80.6 Å². The van der Waals surface area contributed by atoms with Gasteiger partial charge in [0, 0.05) is 18.8 Å². The quantitative estimate of drug-likeness (QED) is 0.265. The van der Waals surface area contributed by atoms with Gasteiger partial charge in [0.05, 0.1) is 24.7 Å². The van der Waals surface area contributed by atoms with Crippen LogP contribution < -0.4 is 0 Å². The minimum absolute atomic E-state index is 0.0339. The topological polar surface area (TPSA) is 65.0 Å². The Kier molecular flexibility index (Phi) is 9.18. The van der Waals surface area contributed by atoms with Crippen molar-refractivity contribution in [1.29, 1.82) is 0 Å². The molecule has 0 spiro atoms. The lowest BCUT2D eigenvalue weighted by molar-refractivity contribution is -0.160. The molecule has 212 valence electrons. The Hall–Kier alpha value is -0.736. The Bertz CT molecular complexity index is 879. The Morgan fingerprint density at radius 1 is 0.973 bits per heavy atom. The van der Waals surface area contributed by atoms with Gasteiger partial charge in [-0.25, -0.2) is 0 Å². The zero-order valence-corrected chi connectivity index (χ0v) is 27.4. The SMILES string of the molecule is C[C@@H]1C=CC2=C[C@@H](O[Si](C)(C)C(C)(C)C)C[C@H](O)[C@@H]2[C@H]1CC[C@@H]1C[C@@H](O[Si](C)(C)C(C)(C)C)CC(=O)O1. The number of rotatable bonds is 7. The highest BCUT2D eigenvalue weighted by molar-refractivity contribution is 6.74. The number of cyclic esters (lactones) is 1. The summed E-state index contributed by atoms with van der Waals surface area (Å²) in [6.45, 7) is 24.8. The fourth-order valence-corrected chi connectivity index (χ4v) is 8.24. The molecule has 7 atom stereocenters. The van der Waals surface area contributed by atoms with Crippen molar-refractivity contribution in [2.45, 2.75) is 141 Å². The van der Waals surface area contributed by atoms with Crippen molar-refractivity contribution in [1.82, 2.24) is 0 Å². The van der Waals surface area contributed by atoms with E-state index < -0.39 is 22.7 Å². The molecule has 0 bridgehead atoms. The maximum Gasteiger partial charge on any atom is 0.308 e. The first-order valence-corrected chi connectivity index (χ1v) is 20.3. The van der Waals surface area contributed by atoms with E-state index in [9.17, 15) is 9.90 Å². The largest absolute Gasteiger partial charge is 0.462 e. The van der Waals surface area contributed by atoms with Crippen LogP contribution in [0.4, 0.5) is 0 Å². The Balaban J connectivity index is 1.67. The second-order valence-corrected chi connectivity index (χ2v) is 24.4. The molecule has 37 heavy (non-hydrogen) atoms. The average molecular weight is 551 g/mol. The molecule has 0 unspecified atom stereocenters. The molecule has 7 heteroatoms. The molecule has 0 radical (unpaired) electrons. The molecule has 1 fully saturated rings. The maximum absolute atomic E-state index is 12.5. The number of fused-ring (bicyclic) bond motifs is 1. The van der Waals surface area contributed by atoms with Gasteiger partial charge in [-0.05, 0) is 66.5 Å². The first-order valence-electron chi connectivity index (χ1n) is 14.4. The monoisotopic (exact) mass is 550 g/mol. The smallest absolute Gasteiger partial charge is 0.308 e. The van der Waals surface area contributed by atoms with Crippen molar-refractivity contribution in [3.8, 4) is 0 Å². The van der Waals surface area contributed by atoms with E-state index in [1.807, 2.05) is 0 Å². The summed E-state index contributed by atoms with van der Waals surface area (Å²) in [7, 11) is -3.88. The van der Waals surface area contributed by atoms with Gasteiger partial charge in [-0.1, -0.05) is 66.7 Å². The maximum atomic E-state index is 12.5. The molecule has 2 aliphatic carbocycles. The predicted molar refractivity (Wildman–Crippen MR) is 156 cm³/mol. The van der Waals surface area contributed by atoms with Crippen LogP contribution in [0.15, 0.2) is 23.8 Å². The van der Waals surface area contributed by atoms with Gasteiger partial charge in [0.25, 0.3) is 0 Å². The second-order valence-electron chi connectivity index (χ2n) is 14.9. The molecule has 0 aromatic carbocycles. The van der Waals surface area contributed by atoms with Crippen molar-refractivity contribution >= 4 is 22.6 Å². The van der Waals surface area contributed by atoms with Gasteiger partial charge >= 0.3 is 5.97 Å². The molecule has 1 aliphatic heterocycles.